The molecule has 0 heterocycles. The van der Waals surface area contributed by atoms with Gasteiger partial charge in [-0.25, -0.2) is 8.42 Å². The molecule has 3 rings (SSSR count). The molecule has 0 aliphatic carbocycles. The van der Waals surface area contributed by atoms with E-state index in [4.69, 9.17) is 0 Å². The maximum atomic E-state index is 12.9. The molecule has 0 unspecified atom stereocenters. The van der Waals surface area contributed by atoms with Crippen LogP contribution in [0, 0.1) is 0 Å². The predicted octanol–water partition coefficient (Wildman–Crippen LogP) is 4.48. The third-order valence-corrected chi connectivity index (χ3v) is 5.53. The number of hydrogen-bond acceptors (Lipinski definition) is 3. The van der Waals surface area contributed by atoms with Crippen molar-refractivity contribution in [3.8, 4) is 11.1 Å². The number of hydrogen-bond donors (Lipinski definition) is 1. The van der Waals surface area contributed by atoms with Gasteiger partial charge in [-0.2, -0.15) is 0 Å². The van der Waals surface area contributed by atoms with Crippen molar-refractivity contribution in [1.29, 1.82) is 0 Å². The Kier molecular flexibility index (Phi) is 4.05. The zero-order valence-corrected chi connectivity index (χ0v) is 13.4. The van der Waals surface area contributed by atoms with Gasteiger partial charge in [0, 0.05) is 10.5 Å². The molecule has 2 nitrogen and oxygen atoms in total. The topological polar surface area (TPSA) is 34.1 Å². The maximum Gasteiger partial charge on any atom is 0.207 e. The van der Waals surface area contributed by atoms with E-state index in [0.717, 1.165) is 10.5 Å². The van der Waals surface area contributed by atoms with Crippen molar-refractivity contribution in [1.82, 2.24) is 0 Å². The third-order valence-electron chi connectivity index (χ3n) is 3.41. The van der Waals surface area contributed by atoms with Gasteiger partial charge in [-0.1, -0.05) is 48.5 Å². The minimum absolute atomic E-state index is 0.272. The average molecular weight is 326 g/mol. The summed E-state index contributed by atoms with van der Waals surface area (Å²) in [5, 5.41) is 0. The molecule has 3 aromatic rings. The van der Waals surface area contributed by atoms with Gasteiger partial charge in [0.2, 0.25) is 9.84 Å². The Bertz CT molecular complexity index is 884. The molecule has 22 heavy (non-hydrogen) atoms. The molecule has 3 aromatic carbocycles. The van der Waals surface area contributed by atoms with Gasteiger partial charge in [-0.15, -0.1) is 12.6 Å². The Hall–Kier alpha value is -2.04. The van der Waals surface area contributed by atoms with Gasteiger partial charge in [0.25, 0.3) is 0 Å². The van der Waals surface area contributed by atoms with Crippen molar-refractivity contribution in [2.45, 2.75) is 14.7 Å². The molecule has 0 saturated heterocycles. The molecule has 0 fully saturated rings. The van der Waals surface area contributed by atoms with E-state index in [1.54, 1.807) is 36.4 Å². The van der Waals surface area contributed by atoms with Crippen LogP contribution in [0.3, 0.4) is 0 Å². The quantitative estimate of drug-likeness (QED) is 0.720. The van der Waals surface area contributed by atoms with E-state index in [1.165, 1.54) is 0 Å². The molecular weight excluding hydrogens is 312 g/mol. The van der Waals surface area contributed by atoms with E-state index in [1.807, 2.05) is 42.5 Å². The molecule has 0 spiro atoms. The zero-order valence-electron chi connectivity index (χ0n) is 11.7. The smallest absolute Gasteiger partial charge is 0.207 e. The Morgan fingerprint density at radius 1 is 0.682 bits per heavy atom. The summed E-state index contributed by atoms with van der Waals surface area (Å²) in [6.45, 7) is 0. The van der Waals surface area contributed by atoms with Gasteiger partial charge in [-0.3, -0.25) is 0 Å². The molecule has 4 heteroatoms. The highest BCUT2D eigenvalue weighted by Gasteiger charge is 2.21. The summed E-state index contributed by atoms with van der Waals surface area (Å²) in [4.78, 5) is 1.32. The molecule has 0 N–H and O–H groups in total. The number of rotatable bonds is 3. The van der Waals surface area contributed by atoms with Gasteiger partial charge in [-0.05, 0) is 35.9 Å². The fourth-order valence-corrected chi connectivity index (χ4v) is 3.94. The Morgan fingerprint density at radius 2 is 1.27 bits per heavy atom. The standard InChI is InChI=1S/C18H14O2S2/c19-22(20,16-12-10-15(21)11-13-16)18-9-5-4-8-17(18)14-6-2-1-3-7-14/h1-13,21H. The van der Waals surface area contributed by atoms with E-state index < -0.39 is 9.84 Å². The van der Waals surface area contributed by atoms with Crippen LogP contribution in [0.1, 0.15) is 0 Å². The first-order valence-corrected chi connectivity index (χ1v) is 8.70. The first-order valence-electron chi connectivity index (χ1n) is 6.77. The van der Waals surface area contributed by atoms with Crippen LogP contribution in [0.15, 0.2) is 93.5 Å². The Labute approximate surface area is 135 Å². The molecule has 0 saturated carbocycles. The van der Waals surface area contributed by atoms with Gasteiger partial charge in [0.1, 0.15) is 0 Å². The highest BCUT2D eigenvalue weighted by molar-refractivity contribution is 7.91. The summed E-state index contributed by atoms with van der Waals surface area (Å²) in [5.41, 5.74) is 1.59. The number of benzene rings is 3. The average Bonchev–Trinajstić information content (AvgIpc) is 2.56. The van der Waals surface area contributed by atoms with Crippen molar-refractivity contribution in [3.05, 3.63) is 78.9 Å². The third kappa shape index (κ3) is 2.80. The SMILES string of the molecule is O=S(=O)(c1ccc(S)cc1)c1ccccc1-c1ccccc1. The molecule has 0 aromatic heterocycles. The summed E-state index contributed by atoms with van der Waals surface area (Å²) in [6, 6.07) is 23.1. The van der Waals surface area contributed by atoms with Crippen LogP contribution in [0.4, 0.5) is 0 Å². The normalized spacial score (nSPS) is 11.3. The fraction of sp³-hybridized carbons (Fsp3) is 0. The minimum Gasteiger partial charge on any atom is -0.218 e. The van der Waals surface area contributed by atoms with Crippen LogP contribution < -0.4 is 0 Å². The predicted molar refractivity (Wildman–Crippen MR) is 91.0 cm³/mol. The van der Waals surface area contributed by atoms with Gasteiger partial charge in [0.15, 0.2) is 0 Å². The molecule has 110 valence electrons. The largest absolute Gasteiger partial charge is 0.218 e. The van der Waals surface area contributed by atoms with E-state index in [9.17, 15) is 8.42 Å². The van der Waals surface area contributed by atoms with E-state index in [2.05, 4.69) is 12.6 Å². The Morgan fingerprint density at radius 3 is 1.95 bits per heavy atom. The van der Waals surface area contributed by atoms with Crippen LogP contribution in [0.5, 0.6) is 0 Å². The van der Waals surface area contributed by atoms with Crippen LogP contribution in [-0.4, -0.2) is 8.42 Å². The monoisotopic (exact) mass is 326 g/mol. The molecule has 0 amide bonds. The van der Waals surface area contributed by atoms with Crippen LogP contribution >= 0.6 is 12.6 Å². The first kappa shape index (κ1) is 14.9. The molecule has 0 aliphatic heterocycles. The summed E-state index contributed by atoms with van der Waals surface area (Å²) < 4.78 is 25.8. The lowest BCUT2D eigenvalue weighted by atomic mass is 10.1. The van der Waals surface area contributed by atoms with Crippen molar-refractivity contribution in [2.24, 2.45) is 0 Å². The second-order valence-corrected chi connectivity index (χ2v) is 7.29. The van der Waals surface area contributed by atoms with E-state index in [-0.39, 0.29) is 4.90 Å². The Balaban J connectivity index is 2.18. The van der Waals surface area contributed by atoms with Crippen LogP contribution in [-0.2, 0) is 9.84 Å². The number of sulfone groups is 1. The number of thiol groups is 1. The summed E-state index contributed by atoms with van der Waals surface area (Å²) in [5.74, 6) is 0. The van der Waals surface area contributed by atoms with E-state index in [0.29, 0.717) is 10.5 Å². The summed E-state index contributed by atoms with van der Waals surface area (Å²) >= 11 is 4.20. The van der Waals surface area contributed by atoms with Gasteiger partial charge in [0.05, 0.1) is 9.79 Å². The van der Waals surface area contributed by atoms with Crippen molar-refractivity contribution in [3.63, 3.8) is 0 Å². The lowest BCUT2D eigenvalue weighted by molar-refractivity contribution is 0.596. The van der Waals surface area contributed by atoms with Crippen molar-refractivity contribution >= 4 is 22.5 Å². The summed E-state index contributed by atoms with van der Waals surface area (Å²) in [6.07, 6.45) is 0. The van der Waals surface area contributed by atoms with Gasteiger partial charge < -0.3 is 0 Å². The summed E-state index contributed by atoms with van der Waals surface area (Å²) in [7, 11) is -3.57. The van der Waals surface area contributed by atoms with Crippen molar-refractivity contribution in [2.75, 3.05) is 0 Å². The van der Waals surface area contributed by atoms with Crippen molar-refractivity contribution < 1.29 is 8.42 Å². The second-order valence-electron chi connectivity index (χ2n) is 4.86. The van der Waals surface area contributed by atoms with Crippen LogP contribution in [0.2, 0.25) is 0 Å². The molecule has 0 radical (unpaired) electrons. The fourth-order valence-electron chi connectivity index (χ4n) is 2.31. The minimum atomic E-state index is -3.57. The van der Waals surface area contributed by atoms with Crippen LogP contribution in [0.25, 0.3) is 11.1 Å². The lowest BCUT2D eigenvalue weighted by Gasteiger charge is -2.11. The molecule has 0 atom stereocenters. The molecule has 0 aliphatic rings. The second kappa shape index (κ2) is 5.99. The highest BCUT2D eigenvalue weighted by Crippen LogP contribution is 2.31. The molecule has 0 bridgehead atoms. The highest BCUT2D eigenvalue weighted by atomic mass is 32.2. The zero-order chi connectivity index (χ0) is 15.6. The first-order chi connectivity index (χ1) is 10.6. The van der Waals surface area contributed by atoms with E-state index >= 15 is 0 Å². The van der Waals surface area contributed by atoms with Gasteiger partial charge >= 0.3 is 0 Å². The lowest BCUT2D eigenvalue weighted by Crippen LogP contribution is -2.03. The maximum absolute atomic E-state index is 12.9. The molecular formula is C18H14O2S2.